The van der Waals surface area contributed by atoms with Crippen molar-refractivity contribution >= 4 is 5.87 Å². The number of hydrogen-bond acceptors (Lipinski definition) is 2. The van der Waals surface area contributed by atoms with Crippen LogP contribution in [0.15, 0.2) is 23.0 Å². The monoisotopic (exact) mass is 230 g/mol. The van der Waals surface area contributed by atoms with Gasteiger partial charge in [-0.2, -0.15) is 0 Å². The van der Waals surface area contributed by atoms with Gasteiger partial charge in [-0.1, -0.05) is 6.92 Å². The van der Waals surface area contributed by atoms with Gasteiger partial charge in [0, 0.05) is 18.0 Å². The SMILES string of the molecule is CC1(C2CCCC3=CNN=C=CC3CC2)CC1. The Morgan fingerprint density at radius 1 is 1.35 bits per heavy atom. The molecular formula is C15H22N2. The molecule has 0 aromatic heterocycles. The van der Waals surface area contributed by atoms with Crippen molar-refractivity contribution in [1.29, 1.82) is 0 Å². The van der Waals surface area contributed by atoms with Crippen LogP contribution in [0, 0.1) is 17.3 Å². The van der Waals surface area contributed by atoms with E-state index in [0.29, 0.717) is 11.3 Å². The van der Waals surface area contributed by atoms with Gasteiger partial charge in [0.2, 0.25) is 0 Å². The van der Waals surface area contributed by atoms with E-state index in [-0.39, 0.29) is 0 Å². The Hall–Kier alpha value is -1.01. The first kappa shape index (κ1) is 11.1. The summed E-state index contributed by atoms with van der Waals surface area (Å²) in [5.74, 6) is 4.55. The van der Waals surface area contributed by atoms with Gasteiger partial charge in [-0.25, -0.2) is 0 Å². The molecule has 2 atom stereocenters. The molecule has 0 aromatic rings. The third kappa shape index (κ3) is 2.32. The molecule has 0 radical (unpaired) electrons. The van der Waals surface area contributed by atoms with Crippen LogP contribution in [-0.4, -0.2) is 5.87 Å². The normalized spacial score (nSPS) is 34.8. The Kier molecular flexibility index (Phi) is 2.84. The second kappa shape index (κ2) is 4.34. The summed E-state index contributed by atoms with van der Waals surface area (Å²) in [5.41, 5.74) is 5.19. The topological polar surface area (TPSA) is 24.4 Å². The van der Waals surface area contributed by atoms with Crippen LogP contribution < -0.4 is 5.43 Å². The summed E-state index contributed by atoms with van der Waals surface area (Å²) in [7, 11) is 0. The third-order valence-electron chi connectivity index (χ3n) is 5.00. The molecular weight excluding hydrogens is 208 g/mol. The van der Waals surface area contributed by atoms with E-state index in [0.717, 1.165) is 5.92 Å². The highest BCUT2D eigenvalue weighted by Gasteiger charge is 2.44. The van der Waals surface area contributed by atoms with E-state index in [2.05, 4.69) is 35.6 Å². The maximum Gasteiger partial charge on any atom is 0.0205 e. The quantitative estimate of drug-likeness (QED) is 0.731. The van der Waals surface area contributed by atoms with Crippen LogP contribution in [0.5, 0.6) is 0 Å². The fraction of sp³-hybridized carbons (Fsp3) is 0.733. The molecule has 0 amide bonds. The maximum absolute atomic E-state index is 4.00. The molecule has 0 bridgehead atoms. The minimum Gasteiger partial charge on any atom is -0.278 e. The lowest BCUT2D eigenvalue weighted by Gasteiger charge is -2.29. The molecule has 17 heavy (non-hydrogen) atoms. The fourth-order valence-electron chi connectivity index (χ4n) is 3.40. The zero-order valence-electron chi connectivity index (χ0n) is 10.7. The van der Waals surface area contributed by atoms with Crippen LogP contribution in [-0.2, 0) is 0 Å². The number of fused-ring (bicyclic) bond motifs is 1. The second-order valence-electron chi connectivity index (χ2n) is 6.18. The fourth-order valence-corrected chi connectivity index (χ4v) is 3.40. The summed E-state index contributed by atoms with van der Waals surface area (Å²) in [6.07, 6.45) is 13.9. The van der Waals surface area contributed by atoms with Crippen molar-refractivity contribution in [3.63, 3.8) is 0 Å². The number of rotatable bonds is 1. The summed E-state index contributed by atoms with van der Waals surface area (Å²) < 4.78 is 0. The van der Waals surface area contributed by atoms with Crippen molar-refractivity contribution in [2.24, 2.45) is 22.4 Å². The molecule has 0 saturated heterocycles. The smallest absolute Gasteiger partial charge is 0.0205 e. The predicted octanol–water partition coefficient (Wildman–Crippen LogP) is 3.61. The van der Waals surface area contributed by atoms with Crippen LogP contribution in [0.25, 0.3) is 0 Å². The number of hydrazone groups is 1. The predicted molar refractivity (Wildman–Crippen MR) is 70.6 cm³/mol. The molecule has 1 aliphatic heterocycles. The average molecular weight is 230 g/mol. The lowest BCUT2D eigenvalue weighted by Crippen LogP contribution is -2.18. The first-order valence-electron chi connectivity index (χ1n) is 7.01. The number of hydrogen-bond donors (Lipinski definition) is 1. The lowest BCUT2D eigenvalue weighted by molar-refractivity contribution is 0.264. The standard InChI is InChI=1S/C15H22N2/c1-15(8-9-15)14-4-2-3-13-11-17-16-10-7-12(13)5-6-14/h7,11-12,14,17H,2-6,8-9H2,1H3. The van der Waals surface area contributed by atoms with Crippen LogP contribution in [0.4, 0.5) is 0 Å². The van der Waals surface area contributed by atoms with Crippen molar-refractivity contribution in [3.8, 4) is 0 Å². The van der Waals surface area contributed by atoms with Crippen molar-refractivity contribution in [3.05, 3.63) is 17.8 Å². The molecule has 2 fully saturated rings. The van der Waals surface area contributed by atoms with E-state index in [4.69, 9.17) is 0 Å². The van der Waals surface area contributed by atoms with Gasteiger partial charge in [0.1, 0.15) is 0 Å². The van der Waals surface area contributed by atoms with E-state index < -0.39 is 0 Å². The van der Waals surface area contributed by atoms with Crippen molar-refractivity contribution in [2.75, 3.05) is 0 Å². The molecule has 2 saturated carbocycles. The van der Waals surface area contributed by atoms with E-state index in [9.17, 15) is 0 Å². The largest absolute Gasteiger partial charge is 0.278 e. The molecule has 1 heterocycles. The van der Waals surface area contributed by atoms with Crippen LogP contribution >= 0.6 is 0 Å². The van der Waals surface area contributed by atoms with Gasteiger partial charge in [-0.3, -0.25) is 5.43 Å². The molecule has 2 unspecified atom stereocenters. The molecule has 92 valence electrons. The molecule has 2 heteroatoms. The lowest BCUT2D eigenvalue weighted by atomic mass is 9.76. The summed E-state index contributed by atoms with van der Waals surface area (Å²) >= 11 is 0. The van der Waals surface area contributed by atoms with Crippen LogP contribution in [0.2, 0.25) is 0 Å². The van der Waals surface area contributed by atoms with E-state index in [1.807, 2.05) is 0 Å². The molecule has 0 spiro atoms. The van der Waals surface area contributed by atoms with E-state index in [1.165, 1.54) is 50.5 Å². The third-order valence-corrected chi connectivity index (χ3v) is 5.00. The summed E-state index contributed by atoms with van der Waals surface area (Å²) in [6.45, 7) is 2.49. The summed E-state index contributed by atoms with van der Waals surface area (Å²) in [6, 6.07) is 0. The summed E-state index contributed by atoms with van der Waals surface area (Å²) in [5, 5.41) is 4.00. The van der Waals surface area contributed by atoms with Gasteiger partial charge >= 0.3 is 0 Å². The van der Waals surface area contributed by atoms with Gasteiger partial charge in [0.05, 0.1) is 0 Å². The zero-order valence-corrected chi connectivity index (χ0v) is 10.7. The minimum absolute atomic E-state index is 0.582. The number of nitrogens with one attached hydrogen (secondary N) is 1. The van der Waals surface area contributed by atoms with Crippen LogP contribution in [0.3, 0.4) is 0 Å². The maximum atomic E-state index is 4.00. The Bertz CT molecular complexity index is 384. The van der Waals surface area contributed by atoms with Crippen molar-refractivity contribution in [2.45, 2.75) is 51.9 Å². The Balaban J connectivity index is 1.71. The zero-order chi connectivity index (χ0) is 11.7. The van der Waals surface area contributed by atoms with Crippen molar-refractivity contribution < 1.29 is 0 Å². The molecule has 3 aliphatic rings. The van der Waals surface area contributed by atoms with Crippen LogP contribution in [0.1, 0.15) is 51.9 Å². The summed E-state index contributed by atoms with van der Waals surface area (Å²) in [4.78, 5) is 0. The van der Waals surface area contributed by atoms with Crippen molar-refractivity contribution in [1.82, 2.24) is 5.43 Å². The molecule has 2 nitrogen and oxygen atoms in total. The molecule has 0 aromatic carbocycles. The average Bonchev–Trinajstić information content (AvgIpc) is 3.05. The van der Waals surface area contributed by atoms with Gasteiger partial charge in [0.15, 0.2) is 0 Å². The first-order valence-corrected chi connectivity index (χ1v) is 7.01. The highest BCUT2D eigenvalue weighted by molar-refractivity contribution is 5.53. The van der Waals surface area contributed by atoms with Gasteiger partial charge in [-0.15, -0.1) is 5.10 Å². The van der Waals surface area contributed by atoms with Gasteiger partial charge in [0.25, 0.3) is 0 Å². The Morgan fingerprint density at radius 3 is 3.06 bits per heavy atom. The first-order chi connectivity index (χ1) is 8.28. The number of allylic oxidation sites excluding steroid dienone is 2. The highest BCUT2D eigenvalue weighted by Crippen LogP contribution is 2.55. The Morgan fingerprint density at radius 2 is 2.24 bits per heavy atom. The Labute approximate surface area is 104 Å². The molecule has 3 rings (SSSR count). The molecule has 2 aliphatic carbocycles. The minimum atomic E-state index is 0.582. The van der Waals surface area contributed by atoms with Gasteiger partial charge in [-0.05, 0) is 67.9 Å². The van der Waals surface area contributed by atoms with E-state index >= 15 is 0 Å². The highest BCUT2D eigenvalue weighted by atomic mass is 15.3. The molecule has 1 N–H and O–H groups in total. The van der Waals surface area contributed by atoms with E-state index in [1.54, 1.807) is 0 Å². The second-order valence-corrected chi connectivity index (χ2v) is 6.18. The van der Waals surface area contributed by atoms with Gasteiger partial charge < -0.3 is 0 Å². The number of nitrogens with zero attached hydrogens (tertiary/aromatic N) is 1.